The molecule has 0 bridgehead atoms. The molecule has 1 fully saturated rings. The first-order chi connectivity index (χ1) is 12.6. The van der Waals surface area contributed by atoms with Gasteiger partial charge < -0.3 is 19.9 Å². The minimum atomic E-state index is -0.341. The first-order valence-corrected chi connectivity index (χ1v) is 9.36. The first-order valence-electron chi connectivity index (χ1n) is 9.36. The van der Waals surface area contributed by atoms with Crippen LogP contribution in [0.1, 0.15) is 24.2 Å². The van der Waals surface area contributed by atoms with Crippen molar-refractivity contribution >= 4 is 6.03 Å². The van der Waals surface area contributed by atoms with Crippen LogP contribution in [0.15, 0.2) is 42.7 Å². The Kier molecular flexibility index (Phi) is 6.28. The number of imidazole rings is 1. The van der Waals surface area contributed by atoms with Gasteiger partial charge in [0.1, 0.15) is 5.82 Å². The highest BCUT2D eigenvalue weighted by molar-refractivity contribution is 5.74. The molecule has 2 amide bonds. The van der Waals surface area contributed by atoms with Crippen molar-refractivity contribution in [2.45, 2.75) is 38.8 Å². The van der Waals surface area contributed by atoms with Crippen molar-refractivity contribution in [2.24, 2.45) is 5.92 Å². The minimum absolute atomic E-state index is 0.0150. The van der Waals surface area contributed by atoms with E-state index >= 15 is 0 Å². The summed E-state index contributed by atoms with van der Waals surface area (Å²) in [6.07, 6.45) is 5.72. The number of aliphatic hydroxyl groups excluding tert-OH is 1. The lowest BCUT2D eigenvalue weighted by atomic mass is 9.88. The largest absolute Gasteiger partial charge is 0.392 e. The minimum Gasteiger partial charge on any atom is -0.392 e. The number of piperidine rings is 1. The van der Waals surface area contributed by atoms with E-state index in [4.69, 9.17) is 0 Å². The molecule has 1 saturated heterocycles. The van der Waals surface area contributed by atoms with E-state index in [9.17, 15) is 9.90 Å². The van der Waals surface area contributed by atoms with Gasteiger partial charge in [-0.25, -0.2) is 9.78 Å². The normalized spacial score (nSPS) is 16.5. The summed E-state index contributed by atoms with van der Waals surface area (Å²) in [5, 5.41) is 13.5. The summed E-state index contributed by atoms with van der Waals surface area (Å²) in [6.45, 7) is 4.67. The fourth-order valence-electron chi connectivity index (χ4n) is 3.54. The zero-order valence-electron chi connectivity index (χ0n) is 15.3. The average molecular weight is 356 g/mol. The standard InChI is InChI=1S/C20H28N4O2/c1-16-21-9-13-23(16)14-10-22-20(26)24-11-7-18(8-12-24)19(25)15-17-5-3-2-4-6-17/h2-6,9,13,18-19,25H,7-8,10-12,14-15H2,1H3,(H,22,26)/t19-/m1/s1. The predicted molar refractivity (Wildman–Crippen MR) is 101 cm³/mol. The molecule has 2 aromatic rings. The highest BCUT2D eigenvalue weighted by Crippen LogP contribution is 2.23. The van der Waals surface area contributed by atoms with Crippen LogP contribution in [0.25, 0.3) is 0 Å². The molecule has 1 aliphatic rings. The van der Waals surface area contributed by atoms with Crippen molar-refractivity contribution in [3.8, 4) is 0 Å². The number of hydrogen-bond acceptors (Lipinski definition) is 3. The van der Waals surface area contributed by atoms with Crippen LogP contribution in [0.3, 0.4) is 0 Å². The average Bonchev–Trinajstić information content (AvgIpc) is 3.07. The topological polar surface area (TPSA) is 70.4 Å². The maximum Gasteiger partial charge on any atom is 0.317 e. The summed E-state index contributed by atoms with van der Waals surface area (Å²) in [5.41, 5.74) is 1.16. The summed E-state index contributed by atoms with van der Waals surface area (Å²) < 4.78 is 2.02. The van der Waals surface area contributed by atoms with Crippen LogP contribution < -0.4 is 5.32 Å². The van der Waals surface area contributed by atoms with E-state index in [-0.39, 0.29) is 18.1 Å². The number of likely N-dealkylation sites (tertiary alicyclic amines) is 1. The molecule has 1 aromatic carbocycles. The summed E-state index contributed by atoms with van der Waals surface area (Å²) in [4.78, 5) is 18.3. The molecule has 26 heavy (non-hydrogen) atoms. The monoisotopic (exact) mass is 356 g/mol. The van der Waals surface area contributed by atoms with Crippen LogP contribution in [-0.2, 0) is 13.0 Å². The maximum absolute atomic E-state index is 12.3. The van der Waals surface area contributed by atoms with Crippen molar-refractivity contribution in [1.29, 1.82) is 0 Å². The summed E-state index contributed by atoms with van der Waals surface area (Å²) in [5.74, 6) is 1.21. The van der Waals surface area contributed by atoms with E-state index in [1.54, 1.807) is 6.20 Å². The zero-order valence-corrected chi connectivity index (χ0v) is 15.3. The number of aryl methyl sites for hydroxylation is 1. The van der Waals surface area contributed by atoms with E-state index < -0.39 is 0 Å². The summed E-state index contributed by atoms with van der Waals surface area (Å²) in [6, 6.07) is 10.1. The van der Waals surface area contributed by atoms with Gasteiger partial charge >= 0.3 is 6.03 Å². The van der Waals surface area contributed by atoms with Gasteiger partial charge in [0.05, 0.1) is 6.10 Å². The van der Waals surface area contributed by atoms with Crippen LogP contribution in [-0.4, -0.2) is 51.3 Å². The van der Waals surface area contributed by atoms with Gasteiger partial charge in [-0.2, -0.15) is 0 Å². The molecule has 3 rings (SSSR count). The lowest BCUT2D eigenvalue weighted by Gasteiger charge is -2.34. The van der Waals surface area contributed by atoms with Crippen molar-refractivity contribution in [3.05, 3.63) is 54.1 Å². The number of hydrogen-bond donors (Lipinski definition) is 2. The van der Waals surface area contributed by atoms with Crippen LogP contribution in [0.4, 0.5) is 4.79 Å². The lowest BCUT2D eigenvalue weighted by Crippen LogP contribution is -2.46. The number of nitrogens with zero attached hydrogens (tertiary/aromatic N) is 3. The molecule has 0 radical (unpaired) electrons. The fourth-order valence-corrected chi connectivity index (χ4v) is 3.54. The number of rotatable bonds is 6. The molecule has 0 aliphatic carbocycles. The number of urea groups is 1. The molecule has 0 unspecified atom stereocenters. The van der Waals surface area contributed by atoms with Gasteiger partial charge in [0.25, 0.3) is 0 Å². The smallest absolute Gasteiger partial charge is 0.317 e. The number of benzene rings is 1. The van der Waals surface area contributed by atoms with E-state index in [2.05, 4.69) is 10.3 Å². The van der Waals surface area contributed by atoms with E-state index in [0.29, 0.717) is 26.1 Å². The molecule has 2 N–H and O–H groups in total. The Morgan fingerprint density at radius 2 is 2.04 bits per heavy atom. The SMILES string of the molecule is Cc1nccn1CCNC(=O)N1CCC([C@H](O)Cc2ccccc2)CC1. The summed E-state index contributed by atoms with van der Waals surface area (Å²) in [7, 11) is 0. The molecule has 0 spiro atoms. The molecule has 1 atom stereocenters. The zero-order chi connectivity index (χ0) is 18.4. The number of amides is 2. The van der Waals surface area contributed by atoms with Gasteiger partial charge in [-0.1, -0.05) is 30.3 Å². The van der Waals surface area contributed by atoms with Crippen molar-refractivity contribution in [2.75, 3.05) is 19.6 Å². The lowest BCUT2D eigenvalue weighted by molar-refractivity contribution is 0.0671. The van der Waals surface area contributed by atoms with Gasteiger partial charge in [0, 0.05) is 38.6 Å². The predicted octanol–water partition coefficient (Wildman–Crippen LogP) is 2.22. The molecule has 2 heterocycles. The Morgan fingerprint density at radius 1 is 1.31 bits per heavy atom. The Morgan fingerprint density at radius 3 is 2.69 bits per heavy atom. The molecule has 1 aliphatic heterocycles. The molecular formula is C20H28N4O2. The maximum atomic E-state index is 12.3. The van der Waals surface area contributed by atoms with Crippen LogP contribution in [0.2, 0.25) is 0 Å². The second kappa shape index (κ2) is 8.85. The number of aliphatic hydroxyl groups is 1. The third-order valence-electron chi connectivity index (χ3n) is 5.21. The number of aromatic nitrogens is 2. The molecule has 1 aromatic heterocycles. The summed E-state index contributed by atoms with van der Waals surface area (Å²) >= 11 is 0. The van der Waals surface area contributed by atoms with E-state index in [0.717, 1.165) is 30.8 Å². The Hall–Kier alpha value is -2.34. The third-order valence-corrected chi connectivity index (χ3v) is 5.21. The highest BCUT2D eigenvalue weighted by atomic mass is 16.3. The van der Waals surface area contributed by atoms with Gasteiger partial charge in [-0.05, 0) is 37.7 Å². The number of carbonyl (C=O) groups excluding carboxylic acids is 1. The first kappa shape index (κ1) is 18.5. The molecule has 6 heteroatoms. The second-order valence-electron chi connectivity index (χ2n) is 6.98. The molecular weight excluding hydrogens is 328 g/mol. The van der Waals surface area contributed by atoms with Crippen molar-refractivity contribution in [1.82, 2.24) is 19.8 Å². The Balaban J connectivity index is 1.38. The van der Waals surface area contributed by atoms with Crippen molar-refractivity contribution in [3.63, 3.8) is 0 Å². The van der Waals surface area contributed by atoms with Crippen LogP contribution >= 0.6 is 0 Å². The van der Waals surface area contributed by atoms with Crippen molar-refractivity contribution < 1.29 is 9.90 Å². The number of carbonyl (C=O) groups is 1. The van der Waals surface area contributed by atoms with Gasteiger partial charge in [0.15, 0.2) is 0 Å². The molecule has 6 nitrogen and oxygen atoms in total. The Labute approximate surface area is 154 Å². The Bertz CT molecular complexity index is 693. The molecule has 140 valence electrons. The second-order valence-corrected chi connectivity index (χ2v) is 6.98. The van der Waals surface area contributed by atoms with Crippen LogP contribution in [0, 0.1) is 12.8 Å². The van der Waals surface area contributed by atoms with E-state index in [1.807, 2.05) is 52.9 Å². The highest BCUT2D eigenvalue weighted by Gasteiger charge is 2.27. The third kappa shape index (κ3) is 4.85. The molecule has 0 saturated carbocycles. The number of nitrogens with one attached hydrogen (secondary N) is 1. The van der Waals surface area contributed by atoms with Gasteiger partial charge in [0.2, 0.25) is 0 Å². The fraction of sp³-hybridized carbons (Fsp3) is 0.500. The van der Waals surface area contributed by atoms with Gasteiger partial charge in [-0.3, -0.25) is 0 Å². The van der Waals surface area contributed by atoms with Gasteiger partial charge in [-0.15, -0.1) is 0 Å². The quantitative estimate of drug-likeness (QED) is 0.834. The van der Waals surface area contributed by atoms with Crippen LogP contribution in [0.5, 0.6) is 0 Å². The van der Waals surface area contributed by atoms with E-state index in [1.165, 1.54) is 0 Å².